The summed E-state index contributed by atoms with van der Waals surface area (Å²) in [6.07, 6.45) is -3.33. The molecule has 2 aromatic rings. The number of benzene rings is 1. The van der Waals surface area contributed by atoms with Gasteiger partial charge in [0.25, 0.3) is 5.56 Å². The highest BCUT2D eigenvalue weighted by Gasteiger charge is 2.36. The molecule has 1 N–H and O–H groups in total. The lowest BCUT2D eigenvalue weighted by molar-refractivity contribution is -0.137. The fourth-order valence-corrected chi connectivity index (χ4v) is 2.21. The van der Waals surface area contributed by atoms with Crippen molar-refractivity contribution in [2.24, 2.45) is 0 Å². The fraction of sp³-hybridized carbons (Fsp3) is 0.154. The summed E-state index contributed by atoms with van der Waals surface area (Å²) in [4.78, 5) is 17.8. The Morgan fingerprint density at radius 2 is 2.05 bits per heavy atom. The van der Waals surface area contributed by atoms with Gasteiger partial charge in [0.2, 0.25) is 0 Å². The van der Waals surface area contributed by atoms with Crippen LogP contribution < -0.4 is 5.56 Å². The number of nitriles is 1. The minimum atomic E-state index is -4.85. The molecular formula is C13H7F4N3OS. The van der Waals surface area contributed by atoms with Crippen molar-refractivity contribution in [2.45, 2.75) is 11.3 Å². The molecule has 1 heterocycles. The molecule has 1 aromatic heterocycles. The second kappa shape index (κ2) is 5.81. The van der Waals surface area contributed by atoms with Crippen LogP contribution in [0.1, 0.15) is 11.1 Å². The first-order valence-electron chi connectivity index (χ1n) is 5.74. The second-order valence-corrected chi connectivity index (χ2v) is 4.87. The zero-order chi connectivity index (χ0) is 16.5. The van der Waals surface area contributed by atoms with E-state index in [0.717, 1.165) is 23.9 Å². The summed E-state index contributed by atoms with van der Waals surface area (Å²) in [6.45, 7) is 0. The largest absolute Gasteiger partial charge is 0.417 e. The van der Waals surface area contributed by atoms with Gasteiger partial charge in [-0.1, -0.05) is 17.8 Å². The third kappa shape index (κ3) is 2.82. The van der Waals surface area contributed by atoms with Crippen LogP contribution in [0.25, 0.3) is 11.3 Å². The fourth-order valence-electron chi connectivity index (χ4n) is 1.83. The van der Waals surface area contributed by atoms with Crippen LogP contribution in [0.2, 0.25) is 0 Å². The third-order valence-electron chi connectivity index (χ3n) is 2.76. The Balaban J connectivity index is 2.92. The molecule has 0 aliphatic heterocycles. The second-order valence-electron chi connectivity index (χ2n) is 4.07. The minimum Gasteiger partial charge on any atom is -0.300 e. The molecule has 0 radical (unpaired) electrons. The summed E-state index contributed by atoms with van der Waals surface area (Å²) in [5.74, 6) is -1.21. The highest BCUT2D eigenvalue weighted by molar-refractivity contribution is 7.98. The maximum absolute atomic E-state index is 14.0. The number of nitrogens with one attached hydrogen (secondary N) is 1. The SMILES string of the molecule is CSc1nc(-c2c(F)cccc2C(F)(F)F)c(C#N)c(=O)[nH]1. The van der Waals surface area contributed by atoms with Gasteiger partial charge >= 0.3 is 6.18 Å². The normalized spacial score (nSPS) is 11.3. The molecule has 22 heavy (non-hydrogen) atoms. The minimum absolute atomic E-state index is 0.0182. The van der Waals surface area contributed by atoms with Gasteiger partial charge in [-0.15, -0.1) is 0 Å². The molecule has 0 aliphatic carbocycles. The Bertz CT molecular complexity index is 824. The average molecular weight is 329 g/mol. The first-order valence-corrected chi connectivity index (χ1v) is 6.96. The van der Waals surface area contributed by atoms with Crippen molar-refractivity contribution in [2.75, 3.05) is 6.26 Å². The van der Waals surface area contributed by atoms with Gasteiger partial charge in [0.1, 0.15) is 23.1 Å². The van der Waals surface area contributed by atoms with E-state index in [2.05, 4.69) is 9.97 Å². The Labute approximate surface area is 125 Å². The Hall–Kier alpha value is -2.34. The summed E-state index contributed by atoms with van der Waals surface area (Å²) in [6, 6.07) is 3.85. The number of hydrogen-bond acceptors (Lipinski definition) is 4. The van der Waals surface area contributed by atoms with Crippen LogP contribution in [0.15, 0.2) is 28.2 Å². The smallest absolute Gasteiger partial charge is 0.300 e. The van der Waals surface area contributed by atoms with E-state index < -0.39 is 39.9 Å². The lowest BCUT2D eigenvalue weighted by Gasteiger charge is -2.14. The number of aromatic amines is 1. The number of thioether (sulfide) groups is 1. The van der Waals surface area contributed by atoms with Crippen molar-refractivity contribution < 1.29 is 17.6 Å². The van der Waals surface area contributed by atoms with Gasteiger partial charge in [-0.3, -0.25) is 4.79 Å². The number of nitrogens with zero attached hydrogens (tertiary/aromatic N) is 2. The Morgan fingerprint density at radius 1 is 1.36 bits per heavy atom. The van der Waals surface area contributed by atoms with Crippen molar-refractivity contribution in [1.29, 1.82) is 5.26 Å². The molecule has 4 nitrogen and oxygen atoms in total. The van der Waals surface area contributed by atoms with E-state index in [4.69, 9.17) is 5.26 Å². The molecule has 0 atom stereocenters. The maximum atomic E-state index is 14.0. The zero-order valence-electron chi connectivity index (χ0n) is 11.0. The molecule has 0 bridgehead atoms. The summed E-state index contributed by atoms with van der Waals surface area (Å²) in [5.41, 5.74) is -4.43. The maximum Gasteiger partial charge on any atom is 0.417 e. The molecule has 0 aliphatic rings. The van der Waals surface area contributed by atoms with Crippen molar-refractivity contribution in [1.82, 2.24) is 9.97 Å². The number of hydrogen-bond donors (Lipinski definition) is 1. The molecule has 114 valence electrons. The summed E-state index contributed by atoms with van der Waals surface area (Å²) < 4.78 is 53.2. The standard InChI is InChI=1S/C13H7F4N3OS/c1-22-12-19-10(6(5-18)11(21)20-12)9-7(13(15,16)17)3-2-4-8(9)14/h2-4H,1H3,(H,19,20,21). The summed E-state index contributed by atoms with van der Waals surface area (Å²) in [5, 5.41) is 8.97. The van der Waals surface area contributed by atoms with Crippen LogP contribution in [-0.4, -0.2) is 16.2 Å². The van der Waals surface area contributed by atoms with Gasteiger partial charge in [-0.05, 0) is 18.4 Å². The molecule has 2 rings (SSSR count). The van der Waals surface area contributed by atoms with Gasteiger partial charge in [0.15, 0.2) is 5.16 Å². The van der Waals surface area contributed by atoms with Gasteiger partial charge in [0, 0.05) is 5.56 Å². The number of aromatic nitrogens is 2. The Morgan fingerprint density at radius 3 is 2.59 bits per heavy atom. The van der Waals surface area contributed by atoms with E-state index >= 15 is 0 Å². The molecule has 9 heteroatoms. The Kier molecular flexibility index (Phi) is 4.23. The molecule has 0 unspecified atom stereocenters. The lowest BCUT2D eigenvalue weighted by Crippen LogP contribution is -2.17. The van der Waals surface area contributed by atoms with E-state index in [1.165, 1.54) is 12.3 Å². The van der Waals surface area contributed by atoms with E-state index in [0.29, 0.717) is 6.07 Å². The number of alkyl halides is 3. The van der Waals surface area contributed by atoms with Gasteiger partial charge < -0.3 is 4.98 Å². The molecule has 0 saturated carbocycles. The first kappa shape index (κ1) is 16.0. The summed E-state index contributed by atoms with van der Waals surface area (Å²) >= 11 is 0.950. The number of H-pyrrole nitrogens is 1. The van der Waals surface area contributed by atoms with Crippen LogP contribution in [0, 0.1) is 17.1 Å². The zero-order valence-corrected chi connectivity index (χ0v) is 11.8. The van der Waals surface area contributed by atoms with Gasteiger partial charge in [-0.2, -0.15) is 18.4 Å². The quantitative estimate of drug-likeness (QED) is 0.522. The van der Waals surface area contributed by atoms with E-state index in [-0.39, 0.29) is 5.16 Å². The van der Waals surface area contributed by atoms with Crippen molar-refractivity contribution in [3.8, 4) is 17.3 Å². The highest BCUT2D eigenvalue weighted by atomic mass is 32.2. The predicted molar refractivity (Wildman–Crippen MR) is 71.7 cm³/mol. The van der Waals surface area contributed by atoms with E-state index in [1.54, 1.807) is 0 Å². The van der Waals surface area contributed by atoms with E-state index in [1.807, 2.05) is 0 Å². The molecular weight excluding hydrogens is 322 g/mol. The van der Waals surface area contributed by atoms with Crippen LogP contribution in [-0.2, 0) is 6.18 Å². The molecule has 0 saturated heterocycles. The first-order chi connectivity index (χ1) is 10.3. The van der Waals surface area contributed by atoms with Gasteiger partial charge in [-0.25, -0.2) is 9.37 Å². The monoisotopic (exact) mass is 329 g/mol. The average Bonchev–Trinajstić information content (AvgIpc) is 2.45. The molecule has 0 amide bonds. The van der Waals surface area contributed by atoms with Crippen molar-refractivity contribution in [3.05, 3.63) is 45.5 Å². The molecule has 0 fully saturated rings. The van der Waals surface area contributed by atoms with Crippen molar-refractivity contribution in [3.63, 3.8) is 0 Å². The van der Waals surface area contributed by atoms with Crippen LogP contribution in [0.4, 0.5) is 17.6 Å². The van der Waals surface area contributed by atoms with Gasteiger partial charge in [0.05, 0.1) is 5.56 Å². The lowest BCUT2D eigenvalue weighted by atomic mass is 10.0. The van der Waals surface area contributed by atoms with E-state index in [9.17, 15) is 22.4 Å². The number of rotatable bonds is 2. The highest BCUT2D eigenvalue weighted by Crippen LogP contribution is 2.38. The molecule has 0 spiro atoms. The number of halogens is 4. The molecule has 1 aromatic carbocycles. The topological polar surface area (TPSA) is 69.5 Å². The van der Waals surface area contributed by atoms with Crippen molar-refractivity contribution >= 4 is 11.8 Å². The van der Waals surface area contributed by atoms with Crippen LogP contribution >= 0.6 is 11.8 Å². The van der Waals surface area contributed by atoms with Crippen LogP contribution in [0.5, 0.6) is 0 Å². The predicted octanol–water partition coefficient (Wildman–Crippen LogP) is 3.19. The third-order valence-corrected chi connectivity index (χ3v) is 3.34. The van der Waals surface area contributed by atoms with Crippen LogP contribution in [0.3, 0.4) is 0 Å². The summed E-state index contributed by atoms with van der Waals surface area (Å²) in [7, 11) is 0.